The van der Waals surface area contributed by atoms with Crippen LogP contribution in [0.1, 0.15) is 5.56 Å². The van der Waals surface area contributed by atoms with Gasteiger partial charge in [-0.15, -0.1) is 0 Å². The molecule has 0 unspecified atom stereocenters. The van der Waals surface area contributed by atoms with Gasteiger partial charge in [0.2, 0.25) is 0 Å². The minimum absolute atomic E-state index is 0.109. The van der Waals surface area contributed by atoms with Crippen LogP contribution in [0.15, 0.2) is 71.6 Å². The molecule has 4 rings (SSSR count). The summed E-state index contributed by atoms with van der Waals surface area (Å²) in [4.78, 5) is 13.0. The molecule has 0 saturated carbocycles. The van der Waals surface area contributed by atoms with Crippen LogP contribution in [0.3, 0.4) is 0 Å². The highest BCUT2D eigenvalue weighted by atomic mass is 35.5. The summed E-state index contributed by atoms with van der Waals surface area (Å²) < 4.78 is 39.5. The van der Waals surface area contributed by atoms with E-state index in [-0.39, 0.29) is 36.0 Å². The molecule has 1 atom stereocenters. The largest absolute Gasteiger partial charge is 0.490 e. The van der Waals surface area contributed by atoms with Gasteiger partial charge in [-0.3, -0.25) is 9.10 Å². The van der Waals surface area contributed by atoms with Gasteiger partial charge in [-0.2, -0.15) is 0 Å². The first-order chi connectivity index (χ1) is 16.3. The molecule has 0 aliphatic carbocycles. The lowest BCUT2D eigenvalue weighted by molar-refractivity contribution is -0.127. The fourth-order valence-electron chi connectivity index (χ4n) is 3.44. The molecule has 0 aromatic heterocycles. The van der Waals surface area contributed by atoms with E-state index in [9.17, 15) is 13.2 Å². The first-order valence-corrected chi connectivity index (χ1v) is 12.7. The molecular weight excluding hydrogens is 499 g/mol. The van der Waals surface area contributed by atoms with Crippen LogP contribution in [0.25, 0.3) is 0 Å². The van der Waals surface area contributed by atoms with Gasteiger partial charge < -0.3 is 14.8 Å². The van der Waals surface area contributed by atoms with Crippen LogP contribution in [-0.4, -0.2) is 40.1 Å². The van der Waals surface area contributed by atoms with Crippen LogP contribution < -0.4 is 19.1 Å². The number of fused-ring (bicyclic) bond motifs is 1. The number of para-hydroxylation sites is 1. The van der Waals surface area contributed by atoms with Crippen LogP contribution in [0.5, 0.6) is 11.5 Å². The van der Waals surface area contributed by atoms with Crippen molar-refractivity contribution in [3.8, 4) is 11.5 Å². The minimum atomic E-state index is -3.97. The molecule has 1 aliphatic rings. The quantitative estimate of drug-likeness (QED) is 0.465. The molecule has 0 radical (unpaired) electrons. The fourth-order valence-corrected chi connectivity index (χ4v) is 5.26. The molecule has 0 spiro atoms. The smallest absolute Gasteiger partial charge is 0.264 e. The highest BCUT2D eigenvalue weighted by molar-refractivity contribution is 7.92. The zero-order chi connectivity index (χ0) is 24.3. The number of nitrogens with one attached hydrogen (secondary N) is 1. The third kappa shape index (κ3) is 5.24. The zero-order valence-electron chi connectivity index (χ0n) is 18.2. The van der Waals surface area contributed by atoms with Crippen LogP contribution in [0.2, 0.25) is 10.0 Å². The Labute approximate surface area is 208 Å². The van der Waals surface area contributed by atoms with Gasteiger partial charge in [0, 0.05) is 5.02 Å². The molecule has 0 fully saturated rings. The number of aryl methyl sites for hydroxylation is 1. The van der Waals surface area contributed by atoms with Crippen molar-refractivity contribution in [2.75, 3.05) is 24.0 Å². The molecule has 0 bridgehead atoms. The summed E-state index contributed by atoms with van der Waals surface area (Å²) in [5.41, 5.74) is 1.21. The molecule has 3 aromatic carbocycles. The lowest BCUT2D eigenvalue weighted by Gasteiger charge is -2.34. The summed E-state index contributed by atoms with van der Waals surface area (Å²) in [7, 11) is -3.97. The third-order valence-corrected chi connectivity index (χ3v) is 7.53. The van der Waals surface area contributed by atoms with E-state index < -0.39 is 22.0 Å². The molecule has 3 aromatic rings. The van der Waals surface area contributed by atoms with Gasteiger partial charge in [-0.25, -0.2) is 8.42 Å². The molecule has 1 N–H and O–H groups in total. The highest BCUT2D eigenvalue weighted by Crippen LogP contribution is 2.38. The average Bonchev–Trinajstić information content (AvgIpc) is 2.82. The van der Waals surface area contributed by atoms with E-state index >= 15 is 0 Å². The molecular formula is C24H22Cl2N2O5S. The van der Waals surface area contributed by atoms with E-state index in [1.54, 1.807) is 48.5 Å². The Morgan fingerprint density at radius 3 is 2.59 bits per heavy atom. The molecule has 1 aliphatic heterocycles. The van der Waals surface area contributed by atoms with E-state index in [0.717, 1.165) is 9.87 Å². The monoisotopic (exact) mass is 520 g/mol. The number of anilines is 1. The predicted molar refractivity (Wildman–Crippen MR) is 132 cm³/mol. The number of carbonyl (C=O) groups excluding carboxylic acids is 1. The molecule has 10 heteroatoms. The summed E-state index contributed by atoms with van der Waals surface area (Å²) in [6.45, 7) is 2.03. The molecule has 34 heavy (non-hydrogen) atoms. The maximum absolute atomic E-state index is 13.5. The maximum atomic E-state index is 13.5. The van der Waals surface area contributed by atoms with Crippen molar-refractivity contribution in [1.29, 1.82) is 0 Å². The number of nitrogens with zero attached hydrogens (tertiary/aromatic N) is 1. The van der Waals surface area contributed by atoms with Crippen molar-refractivity contribution in [2.24, 2.45) is 0 Å². The first-order valence-electron chi connectivity index (χ1n) is 10.5. The number of sulfonamides is 1. The van der Waals surface area contributed by atoms with Crippen LogP contribution in [0.4, 0.5) is 5.69 Å². The van der Waals surface area contributed by atoms with Gasteiger partial charge in [0.25, 0.3) is 15.9 Å². The molecule has 1 heterocycles. The standard InChI is InChI=1S/C24H22Cl2N2O5S/c1-16-6-9-18(10-7-16)34(30,31)28-15-23(33-22-11-8-17(25)14-20(22)28)24(29)27-12-13-32-21-5-3-2-4-19(21)26/h2-11,14,23H,12-13,15H2,1H3,(H,27,29)/t23-/m1/s1. The number of hydrogen-bond acceptors (Lipinski definition) is 5. The van der Waals surface area contributed by atoms with Crippen LogP contribution in [0, 0.1) is 6.92 Å². The number of benzene rings is 3. The Bertz CT molecular complexity index is 1300. The predicted octanol–water partition coefficient (Wildman–Crippen LogP) is 4.45. The van der Waals surface area contributed by atoms with E-state index in [1.165, 1.54) is 18.2 Å². The van der Waals surface area contributed by atoms with Gasteiger partial charge in [0.15, 0.2) is 6.10 Å². The van der Waals surface area contributed by atoms with E-state index in [4.69, 9.17) is 32.7 Å². The first kappa shape index (κ1) is 24.2. The number of hydrogen-bond donors (Lipinski definition) is 1. The highest BCUT2D eigenvalue weighted by Gasteiger charge is 2.37. The fraction of sp³-hybridized carbons (Fsp3) is 0.208. The third-order valence-electron chi connectivity index (χ3n) is 5.19. The van der Waals surface area contributed by atoms with E-state index in [1.807, 2.05) is 6.92 Å². The second-order valence-electron chi connectivity index (χ2n) is 7.64. The number of carbonyl (C=O) groups is 1. The van der Waals surface area contributed by atoms with Crippen molar-refractivity contribution in [1.82, 2.24) is 5.32 Å². The lowest BCUT2D eigenvalue weighted by Crippen LogP contribution is -2.51. The lowest BCUT2D eigenvalue weighted by atomic mass is 10.2. The maximum Gasteiger partial charge on any atom is 0.264 e. The Morgan fingerprint density at radius 2 is 1.85 bits per heavy atom. The Kier molecular flexibility index (Phi) is 7.21. The zero-order valence-corrected chi connectivity index (χ0v) is 20.5. The second kappa shape index (κ2) is 10.1. The second-order valence-corrected chi connectivity index (χ2v) is 10.3. The molecule has 178 valence electrons. The molecule has 0 saturated heterocycles. The van der Waals surface area contributed by atoms with Crippen molar-refractivity contribution in [2.45, 2.75) is 17.9 Å². The van der Waals surface area contributed by atoms with Crippen molar-refractivity contribution < 1.29 is 22.7 Å². The Morgan fingerprint density at radius 1 is 1.12 bits per heavy atom. The van der Waals surface area contributed by atoms with E-state index in [2.05, 4.69) is 5.32 Å². The molecule has 1 amide bonds. The topological polar surface area (TPSA) is 84.9 Å². The van der Waals surface area contributed by atoms with Crippen molar-refractivity contribution >= 4 is 44.8 Å². The Balaban J connectivity index is 1.50. The summed E-state index contributed by atoms with van der Waals surface area (Å²) in [5, 5.41) is 3.55. The van der Waals surface area contributed by atoms with Gasteiger partial charge in [-0.1, -0.05) is 53.0 Å². The number of ether oxygens (including phenoxy) is 2. The van der Waals surface area contributed by atoms with Crippen LogP contribution >= 0.6 is 23.2 Å². The van der Waals surface area contributed by atoms with Gasteiger partial charge in [0.1, 0.15) is 18.1 Å². The van der Waals surface area contributed by atoms with E-state index in [0.29, 0.717) is 15.8 Å². The normalized spacial score (nSPS) is 15.3. The summed E-state index contributed by atoms with van der Waals surface area (Å²) >= 11 is 12.2. The SMILES string of the molecule is Cc1ccc(S(=O)(=O)N2C[C@H](C(=O)NCCOc3ccccc3Cl)Oc3ccc(Cl)cc32)cc1. The average molecular weight is 521 g/mol. The van der Waals surface area contributed by atoms with Crippen molar-refractivity contribution in [3.05, 3.63) is 82.3 Å². The van der Waals surface area contributed by atoms with Crippen LogP contribution in [-0.2, 0) is 14.8 Å². The number of amides is 1. The van der Waals surface area contributed by atoms with Gasteiger partial charge in [0.05, 0.1) is 28.7 Å². The van der Waals surface area contributed by atoms with Gasteiger partial charge in [-0.05, 0) is 49.4 Å². The summed E-state index contributed by atoms with van der Waals surface area (Å²) in [5.74, 6) is 0.291. The summed E-state index contributed by atoms with van der Waals surface area (Å²) in [6.07, 6.45) is -1.06. The summed E-state index contributed by atoms with van der Waals surface area (Å²) in [6, 6.07) is 18.2. The Hall–Kier alpha value is -2.94. The van der Waals surface area contributed by atoms with Crippen molar-refractivity contribution in [3.63, 3.8) is 0 Å². The minimum Gasteiger partial charge on any atom is -0.490 e. The number of rotatable bonds is 7. The number of halogens is 2. The van der Waals surface area contributed by atoms with Gasteiger partial charge >= 0.3 is 0 Å². The molecule has 7 nitrogen and oxygen atoms in total.